The van der Waals surface area contributed by atoms with Gasteiger partial charge in [0.25, 0.3) is 0 Å². The molecule has 120 valence electrons. The zero-order valence-corrected chi connectivity index (χ0v) is 13.1. The molecule has 2 aliphatic rings. The second-order valence-corrected chi connectivity index (χ2v) is 5.96. The molecular weight excluding hydrogens is 280 g/mol. The third-order valence-corrected chi connectivity index (χ3v) is 4.63. The van der Waals surface area contributed by atoms with Gasteiger partial charge in [-0.3, -0.25) is 4.79 Å². The molecule has 2 saturated heterocycles. The highest BCUT2D eigenvalue weighted by molar-refractivity contribution is 5.79. The molecule has 0 saturated carbocycles. The third kappa shape index (κ3) is 3.21. The van der Waals surface area contributed by atoms with Crippen LogP contribution in [0.1, 0.15) is 26.2 Å². The fraction of sp³-hybridized carbons (Fsp3) is 0.688. The van der Waals surface area contributed by atoms with Gasteiger partial charge in [-0.1, -0.05) is 6.92 Å². The van der Waals surface area contributed by atoms with Gasteiger partial charge in [0, 0.05) is 39.0 Å². The number of carbonyl (C=O) groups is 1. The van der Waals surface area contributed by atoms with Crippen molar-refractivity contribution >= 4 is 11.7 Å². The monoisotopic (exact) mass is 304 g/mol. The lowest BCUT2D eigenvalue weighted by molar-refractivity contribution is -0.145. The Hall–Kier alpha value is -1.69. The van der Waals surface area contributed by atoms with E-state index in [1.165, 1.54) is 0 Å². The van der Waals surface area contributed by atoms with Crippen molar-refractivity contribution in [2.45, 2.75) is 32.3 Å². The maximum Gasteiger partial charge on any atom is 0.228 e. The number of rotatable bonds is 3. The molecule has 6 heteroatoms. The van der Waals surface area contributed by atoms with Crippen LogP contribution in [0.25, 0.3) is 0 Å². The molecule has 2 aliphatic heterocycles. The van der Waals surface area contributed by atoms with Crippen molar-refractivity contribution in [1.82, 2.24) is 15.1 Å². The topological polar surface area (TPSA) is 58.6 Å². The molecule has 0 radical (unpaired) electrons. The lowest BCUT2D eigenvalue weighted by Crippen LogP contribution is -2.52. The third-order valence-electron chi connectivity index (χ3n) is 4.63. The van der Waals surface area contributed by atoms with E-state index in [1.807, 2.05) is 17.0 Å². The maximum atomic E-state index is 12.8. The minimum absolute atomic E-state index is 0.0433. The van der Waals surface area contributed by atoms with Crippen molar-refractivity contribution in [3.05, 3.63) is 18.3 Å². The van der Waals surface area contributed by atoms with Crippen molar-refractivity contribution in [2.24, 2.45) is 5.92 Å². The number of aromatic nitrogens is 2. The van der Waals surface area contributed by atoms with Gasteiger partial charge in [-0.2, -0.15) is 5.10 Å². The Bertz CT molecular complexity index is 488. The second-order valence-electron chi connectivity index (χ2n) is 5.96. The normalized spacial score (nSPS) is 26.0. The Morgan fingerprint density at radius 2 is 2.18 bits per heavy atom. The highest BCUT2D eigenvalue weighted by Crippen LogP contribution is 2.26. The quantitative estimate of drug-likeness (QED) is 0.843. The fourth-order valence-corrected chi connectivity index (χ4v) is 3.38. The molecule has 1 aromatic rings. The van der Waals surface area contributed by atoms with Gasteiger partial charge in [-0.25, -0.2) is 0 Å². The Morgan fingerprint density at radius 1 is 1.36 bits per heavy atom. The zero-order valence-electron chi connectivity index (χ0n) is 13.1. The van der Waals surface area contributed by atoms with Crippen molar-refractivity contribution in [2.75, 3.05) is 37.7 Å². The first kappa shape index (κ1) is 15.2. The lowest BCUT2D eigenvalue weighted by atomic mass is 9.91. The summed E-state index contributed by atoms with van der Waals surface area (Å²) in [5.41, 5.74) is 0. The van der Waals surface area contributed by atoms with E-state index >= 15 is 0 Å². The van der Waals surface area contributed by atoms with E-state index in [4.69, 9.17) is 4.74 Å². The molecule has 0 N–H and O–H groups in total. The van der Waals surface area contributed by atoms with E-state index in [2.05, 4.69) is 22.0 Å². The van der Waals surface area contributed by atoms with Crippen LogP contribution in [-0.2, 0) is 9.53 Å². The molecule has 2 fully saturated rings. The predicted molar refractivity (Wildman–Crippen MR) is 83.6 cm³/mol. The summed E-state index contributed by atoms with van der Waals surface area (Å²) >= 11 is 0. The standard InChI is InChI=1S/C16H24N4O2/c1-2-14-13(5-4-12-22-14)16(21)20-10-8-19(9-11-20)15-6-3-7-17-18-15/h3,6-7,13-14H,2,4-5,8-12H2,1H3. The van der Waals surface area contributed by atoms with Crippen molar-refractivity contribution in [3.63, 3.8) is 0 Å². The largest absolute Gasteiger partial charge is 0.377 e. The average molecular weight is 304 g/mol. The van der Waals surface area contributed by atoms with Crippen LogP contribution in [0, 0.1) is 5.92 Å². The number of nitrogens with zero attached hydrogens (tertiary/aromatic N) is 4. The van der Waals surface area contributed by atoms with Gasteiger partial charge in [-0.05, 0) is 31.4 Å². The molecule has 22 heavy (non-hydrogen) atoms. The van der Waals surface area contributed by atoms with E-state index in [-0.39, 0.29) is 17.9 Å². The van der Waals surface area contributed by atoms with Crippen LogP contribution in [0.15, 0.2) is 18.3 Å². The summed E-state index contributed by atoms with van der Waals surface area (Å²) in [5.74, 6) is 1.20. The summed E-state index contributed by atoms with van der Waals surface area (Å²) in [6.07, 6.45) is 4.64. The van der Waals surface area contributed by atoms with Crippen LogP contribution in [0.3, 0.4) is 0 Å². The first-order valence-electron chi connectivity index (χ1n) is 8.22. The van der Waals surface area contributed by atoms with Gasteiger partial charge >= 0.3 is 0 Å². The fourth-order valence-electron chi connectivity index (χ4n) is 3.38. The minimum atomic E-state index is 0.0433. The number of hydrogen-bond donors (Lipinski definition) is 0. The molecule has 6 nitrogen and oxygen atoms in total. The van der Waals surface area contributed by atoms with E-state index in [0.29, 0.717) is 0 Å². The van der Waals surface area contributed by atoms with E-state index in [9.17, 15) is 4.79 Å². The molecule has 1 aromatic heterocycles. The molecule has 0 aromatic carbocycles. The Morgan fingerprint density at radius 3 is 2.86 bits per heavy atom. The Kier molecular flexibility index (Phi) is 4.87. The number of hydrogen-bond acceptors (Lipinski definition) is 5. The van der Waals surface area contributed by atoms with Crippen LogP contribution in [-0.4, -0.2) is 59.9 Å². The van der Waals surface area contributed by atoms with Gasteiger partial charge in [0.15, 0.2) is 5.82 Å². The summed E-state index contributed by atoms with van der Waals surface area (Å²) < 4.78 is 5.77. The van der Waals surface area contributed by atoms with Crippen LogP contribution in [0.5, 0.6) is 0 Å². The predicted octanol–water partition coefficient (Wildman–Crippen LogP) is 1.33. The molecule has 0 spiro atoms. The van der Waals surface area contributed by atoms with Crippen molar-refractivity contribution in [1.29, 1.82) is 0 Å². The van der Waals surface area contributed by atoms with Crippen LogP contribution < -0.4 is 4.90 Å². The lowest BCUT2D eigenvalue weighted by Gasteiger charge is -2.39. The van der Waals surface area contributed by atoms with E-state index in [1.54, 1.807) is 6.20 Å². The first-order valence-corrected chi connectivity index (χ1v) is 8.22. The van der Waals surface area contributed by atoms with Gasteiger partial charge in [-0.15, -0.1) is 5.10 Å². The number of piperazine rings is 1. The molecule has 2 unspecified atom stereocenters. The Balaban J connectivity index is 1.57. The highest BCUT2D eigenvalue weighted by atomic mass is 16.5. The van der Waals surface area contributed by atoms with Crippen LogP contribution in [0.4, 0.5) is 5.82 Å². The number of amides is 1. The first-order chi connectivity index (χ1) is 10.8. The Labute approximate surface area is 131 Å². The second kappa shape index (κ2) is 7.05. The summed E-state index contributed by atoms with van der Waals surface area (Å²) in [6.45, 7) is 6.03. The maximum absolute atomic E-state index is 12.8. The molecular formula is C16H24N4O2. The smallest absolute Gasteiger partial charge is 0.228 e. The molecule has 0 aliphatic carbocycles. The summed E-state index contributed by atoms with van der Waals surface area (Å²) in [4.78, 5) is 16.9. The summed E-state index contributed by atoms with van der Waals surface area (Å²) in [5, 5.41) is 8.06. The SMILES string of the molecule is CCC1OCCCC1C(=O)N1CCN(c2cccnn2)CC1. The number of anilines is 1. The molecule has 0 bridgehead atoms. The van der Waals surface area contributed by atoms with Gasteiger partial charge in [0.05, 0.1) is 12.0 Å². The zero-order chi connectivity index (χ0) is 15.4. The van der Waals surface area contributed by atoms with Gasteiger partial charge in [0.1, 0.15) is 0 Å². The van der Waals surface area contributed by atoms with Gasteiger partial charge < -0.3 is 14.5 Å². The molecule has 2 atom stereocenters. The summed E-state index contributed by atoms with van der Waals surface area (Å²) in [7, 11) is 0. The highest BCUT2D eigenvalue weighted by Gasteiger charge is 2.34. The summed E-state index contributed by atoms with van der Waals surface area (Å²) in [6, 6.07) is 3.86. The number of carbonyl (C=O) groups excluding carboxylic acids is 1. The molecule has 3 rings (SSSR count). The molecule has 3 heterocycles. The van der Waals surface area contributed by atoms with Crippen molar-refractivity contribution < 1.29 is 9.53 Å². The van der Waals surface area contributed by atoms with Crippen LogP contribution >= 0.6 is 0 Å². The number of ether oxygens (including phenoxy) is 1. The average Bonchev–Trinajstić information content (AvgIpc) is 2.62. The minimum Gasteiger partial charge on any atom is -0.377 e. The van der Waals surface area contributed by atoms with Crippen LogP contribution in [0.2, 0.25) is 0 Å². The van der Waals surface area contributed by atoms with E-state index in [0.717, 1.165) is 57.9 Å². The van der Waals surface area contributed by atoms with Gasteiger partial charge in [0.2, 0.25) is 5.91 Å². The molecule has 1 amide bonds. The van der Waals surface area contributed by atoms with Crippen molar-refractivity contribution in [3.8, 4) is 0 Å². The van der Waals surface area contributed by atoms with E-state index < -0.39 is 0 Å².